The smallest absolute Gasteiger partial charge is 0.241 e. The molecule has 1 aliphatic heterocycles. The summed E-state index contributed by atoms with van der Waals surface area (Å²) < 4.78 is 5.46. The van der Waals surface area contributed by atoms with Crippen molar-refractivity contribution in [3.05, 3.63) is 72.1 Å². The Bertz CT molecular complexity index is 887. The van der Waals surface area contributed by atoms with E-state index < -0.39 is 0 Å². The molecule has 3 aromatic rings. The normalized spacial score (nSPS) is 15.0. The Morgan fingerprint density at radius 1 is 1.04 bits per heavy atom. The number of nitrogens with zero attached hydrogens (tertiary/aromatic N) is 3. The van der Waals surface area contributed by atoms with E-state index in [0.29, 0.717) is 18.3 Å². The van der Waals surface area contributed by atoms with Crippen LogP contribution in [0.5, 0.6) is 0 Å². The fraction of sp³-hybridized carbons (Fsp3) is 0.238. The van der Waals surface area contributed by atoms with Gasteiger partial charge >= 0.3 is 0 Å². The zero-order chi connectivity index (χ0) is 17.8. The third kappa shape index (κ3) is 3.89. The first-order valence-corrected chi connectivity index (χ1v) is 9.98. The number of hydrogen-bond acceptors (Lipinski definition) is 5. The number of aromatic nitrogens is 2. The zero-order valence-electron chi connectivity index (χ0n) is 14.8. The molecule has 0 saturated heterocycles. The van der Waals surface area contributed by atoms with Gasteiger partial charge in [-0.05, 0) is 48.1 Å². The van der Waals surface area contributed by atoms with Crippen LogP contribution in [0.15, 0.2) is 70.1 Å². The van der Waals surface area contributed by atoms with Gasteiger partial charge in [-0.25, -0.2) is 0 Å². The van der Waals surface area contributed by atoms with E-state index >= 15 is 0 Å². The van der Waals surface area contributed by atoms with Crippen LogP contribution in [0.4, 0.5) is 0 Å². The molecular weight excluding hydrogens is 342 g/mol. The highest BCUT2D eigenvalue weighted by Crippen LogP contribution is 2.24. The van der Waals surface area contributed by atoms with E-state index in [9.17, 15) is 0 Å². The van der Waals surface area contributed by atoms with E-state index in [4.69, 9.17) is 4.52 Å². The maximum absolute atomic E-state index is 5.46. The Morgan fingerprint density at radius 2 is 1.85 bits per heavy atom. The molecule has 0 fully saturated rings. The summed E-state index contributed by atoms with van der Waals surface area (Å²) in [7, 11) is 0. The minimum Gasteiger partial charge on any atom is -0.338 e. The highest BCUT2D eigenvalue weighted by atomic mass is 32.2. The molecule has 2 heterocycles. The lowest BCUT2D eigenvalue weighted by molar-refractivity contribution is 0.245. The number of thioether (sulfide) groups is 1. The fourth-order valence-corrected chi connectivity index (χ4v) is 3.55. The van der Waals surface area contributed by atoms with Gasteiger partial charge in [0.1, 0.15) is 0 Å². The molecule has 0 spiro atoms. The van der Waals surface area contributed by atoms with E-state index in [1.54, 1.807) is 11.8 Å². The molecule has 132 valence electrons. The molecule has 0 saturated carbocycles. The molecule has 0 atom stereocenters. The predicted octanol–water partition coefficient (Wildman–Crippen LogP) is 4.75. The van der Waals surface area contributed by atoms with Crippen molar-refractivity contribution in [2.45, 2.75) is 17.9 Å². The second kappa shape index (κ2) is 7.89. The van der Waals surface area contributed by atoms with Gasteiger partial charge in [0, 0.05) is 23.5 Å². The highest BCUT2D eigenvalue weighted by Gasteiger charge is 2.16. The van der Waals surface area contributed by atoms with Crippen LogP contribution in [0.1, 0.15) is 17.9 Å². The maximum atomic E-state index is 5.46. The molecule has 2 aromatic carbocycles. The van der Waals surface area contributed by atoms with Crippen LogP contribution in [0, 0.1) is 0 Å². The molecule has 0 unspecified atom stereocenters. The van der Waals surface area contributed by atoms with Gasteiger partial charge < -0.3 is 4.52 Å². The van der Waals surface area contributed by atoms with Crippen LogP contribution in [-0.2, 0) is 6.54 Å². The SMILES string of the molecule is CSc1ccc(-c2noc(CN3CC=C(c4ccccc4)CC3)n2)cc1. The zero-order valence-corrected chi connectivity index (χ0v) is 15.6. The summed E-state index contributed by atoms with van der Waals surface area (Å²) in [5.74, 6) is 1.33. The molecule has 1 aliphatic rings. The Hall–Kier alpha value is -2.37. The van der Waals surface area contributed by atoms with Gasteiger partial charge in [0.2, 0.25) is 11.7 Å². The first kappa shape index (κ1) is 17.1. The van der Waals surface area contributed by atoms with E-state index in [-0.39, 0.29) is 0 Å². The van der Waals surface area contributed by atoms with Crippen molar-refractivity contribution in [3.63, 3.8) is 0 Å². The Balaban J connectivity index is 1.39. The number of hydrogen-bond donors (Lipinski definition) is 0. The van der Waals surface area contributed by atoms with E-state index in [1.165, 1.54) is 16.0 Å². The lowest BCUT2D eigenvalue weighted by Gasteiger charge is -2.24. The van der Waals surface area contributed by atoms with Gasteiger partial charge in [-0.3, -0.25) is 4.90 Å². The second-order valence-corrected chi connectivity index (χ2v) is 7.20. The van der Waals surface area contributed by atoms with E-state index in [2.05, 4.69) is 69.8 Å². The quantitative estimate of drug-likeness (QED) is 0.612. The minimum absolute atomic E-state index is 0.658. The molecule has 1 aromatic heterocycles. The molecule has 0 N–H and O–H groups in total. The van der Waals surface area contributed by atoms with Crippen LogP contribution in [0.3, 0.4) is 0 Å². The Labute approximate surface area is 157 Å². The summed E-state index contributed by atoms with van der Waals surface area (Å²) in [6.45, 7) is 2.60. The monoisotopic (exact) mass is 363 g/mol. The van der Waals surface area contributed by atoms with Gasteiger partial charge in [-0.2, -0.15) is 4.98 Å². The third-order valence-corrected chi connectivity index (χ3v) is 5.36. The van der Waals surface area contributed by atoms with Crippen LogP contribution < -0.4 is 0 Å². The van der Waals surface area contributed by atoms with Crippen LogP contribution in [0.2, 0.25) is 0 Å². The lowest BCUT2D eigenvalue weighted by atomic mass is 10.00. The summed E-state index contributed by atoms with van der Waals surface area (Å²) in [5, 5.41) is 4.13. The third-order valence-electron chi connectivity index (χ3n) is 4.61. The van der Waals surface area contributed by atoms with Crippen molar-refractivity contribution >= 4 is 17.3 Å². The van der Waals surface area contributed by atoms with Crippen LogP contribution in [0.25, 0.3) is 17.0 Å². The van der Waals surface area contributed by atoms with Crippen molar-refractivity contribution < 1.29 is 4.52 Å². The van der Waals surface area contributed by atoms with Crippen LogP contribution in [-0.4, -0.2) is 34.4 Å². The molecule has 0 bridgehead atoms. The lowest BCUT2D eigenvalue weighted by Crippen LogP contribution is -2.28. The fourth-order valence-electron chi connectivity index (χ4n) is 3.14. The first-order valence-electron chi connectivity index (χ1n) is 8.75. The summed E-state index contributed by atoms with van der Waals surface area (Å²) in [6.07, 6.45) is 5.41. The molecule has 0 aliphatic carbocycles. The van der Waals surface area contributed by atoms with Gasteiger partial charge in [0.15, 0.2) is 0 Å². The van der Waals surface area contributed by atoms with Crippen molar-refractivity contribution in [2.24, 2.45) is 0 Å². The molecule has 4 nitrogen and oxygen atoms in total. The van der Waals surface area contributed by atoms with E-state index in [1.807, 2.05) is 12.1 Å². The molecular formula is C21H21N3OS. The van der Waals surface area contributed by atoms with Crippen molar-refractivity contribution in [1.29, 1.82) is 0 Å². The summed E-state index contributed by atoms with van der Waals surface area (Å²) in [6, 6.07) is 18.8. The second-order valence-electron chi connectivity index (χ2n) is 6.32. The van der Waals surface area contributed by atoms with Gasteiger partial charge in [0.05, 0.1) is 6.54 Å². The van der Waals surface area contributed by atoms with Crippen molar-refractivity contribution in [2.75, 3.05) is 19.3 Å². The first-order chi connectivity index (χ1) is 12.8. The summed E-state index contributed by atoms with van der Waals surface area (Å²) in [5.41, 5.74) is 3.73. The highest BCUT2D eigenvalue weighted by molar-refractivity contribution is 7.98. The molecule has 0 amide bonds. The van der Waals surface area contributed by atoms with Gasteiger partial charge in [-0.15, -0.1) is 11.8 Å². The van der Waals surface area contributed by atoms with Gasteiger partial charge in [-0.1, -0.05) is 41.6 Å². The van der Waals surface area contributed by atoms with Crippen molar-refractivity contribution in [1.82, 2.24) is 15.0 Å². The topological polar surface area (TPSA) is 42.2 Å². The minimum atomic E-state index is 0.658. The predicted molar refractivity (Wildman–Crippen MR) is 106 cm³/mol. The Morgan fingerprint density at radius 3 is 2.54 bits per heavy atom. The molecule has 0 radical (unpaired) electrons. The summed E-state index contributed by atoms with van der Waals surface area (Å²) in [4.78, 5) is 8.12. The number of benzene rings is 2. The average molecular weight is 363 g/mol. The Kier molecular flexibility index (Phi) is 5.18. The maximum Gasteiger partial charge on any atom is 0.241 e. The molecule has 4 rings (SSSR count). The van der Waals surface area contributed by atoms with Gasteiger partial charge in [0.25, 0.3) is 0 Å². The van der Waals surface area contributed by atoms with Crippen molar-refractivity contribution in [3.8, 4) is 11.4 Å². The standard InChI is InChI=1S/C21H21N3OS/c1-26-19-9-7-18(8-10-19)21-22-20(25-23-21)15-24-13-11-17(12-14-24)16-5-3-2-4-6-16/h2-11H,12-15H2,1H3. The largest absolute Gasteiger partial charge is 0.338 e. The molecule has 5 heteroatoms. The summed E-state index contributed by atoms with van der Waals surface area (Å²) >= 11 is 1.72. The number of rotatable bonds is 5. The average Bonchev–Trinajstić information content (AvgIpc) is 3.18. The van der Waals surface area contributed by atoms with Crippen LogP contribution >= 0.6 is 11.8 Å². The molecule has 26 heavy (non-hydrogen) atoms. The van der Waals surface area contributed by atoms with E-state index in [0.717, 1.165) is 25.1 Å².